The van der Waals surface area contributed by atoms with Crippen molar-refractivity contribution >= 4 is 12.1 Å². The molecular formula is C19H26N4O2+2. The highest BCUT2D eigenvalue weighted by Crippen LogP contribution is 2.02. The number of hydrazone groups is 1. The average molecular weight is 342 g/mol. The summed E-state index contributed by atoms with van der Waals surface area (Å²) in [4.78, 5) is 14.9. The second kappa shape index (κ2) is 8.60. The molecule has 0 unspecified atom stereocenters. The fourth-order valence-electron chi connectivity index (χ4n) is 3.15. The molecule has 1 aromatic carbocycles. The van der Waals surface area contributed by atoms with E-state index in [1.165, 1.54) is 16.7 Å². The zero-order chi connectivity index (χ0) is 17.5. The molecule has 1 aliphatic heterocycles. The zero-order valence-corrected chi connectivity index (χ0v) is 14.6. The molecule has 0 bridgehead atoms. The van der Waals surface area contributed by atoms with Crippen LogP contribution in [0.5, 0.6) is 0 Å². The van der Waals surface area contributed by atoms with Crippen LogP contribution >= 0.6 is 0 Å². The van der Waals surface area contributed by atoms with E-state index in [0.717, 1.165) is 38.5 Å². The van der Waals surface area contributed by atoms with Crippen molar-refractivity contribution in [2.45, 2.75) is 13.5 Å². The summed E-state index contributed by atoms with van der Waals surface area (Å²) in [6.07, 6.45) is 1.53. The van der Waals surface area contributed by atoms with Crippen LogP contribution in [-0.2, 0) is 11.3 Å². The van der Waals surface area contributed by atoms with Crippen LogP contribution in [-0.4, -0.2) is 44.8 Å². The predicted molar refractivity (Wildman–Crippen MR) is 95.6 cm³/mol. The van der Waals surface area contributed by atoms with Gasteiger partial charge in [0, 0.05) is 5.56 Å². The zero-order valence-electron chi connectivity index (χ0n) is 14.6. The lowest BCUT2D eigenvalue weighted by molar-refractivity contribution is -1.02. The quantitative estimate of drug-likeness (QED) is 0.467. The minimum atomic E-state index is -0.0546. The van der Waals surface area contributed by atoms with Crippen LogP contribution in [0, 0.1) is 6.92 Å². The molecule has 0 saturated carbocycles. The molecule has 0 radical (unpaired) electrons. The fraction of sp³-hybridized carbons (Fsp3) is 0.368. The molecule has 1 fully saturated rings. The highest BCUT2D eigenvalue weighted by atomic mass is 16.3. The first-order valence-corrected chi connectivity index (χ1v) is 8.78. The lowest BCUT2D eigenvalue weighted by atomic mass is 10.2. The van der Waals surface area contributed by atoms with Crippen LogP contribution in [0.25, 0.3) is 0 Å². The molecule has 1 aliphatic rings. The molecule has 1 aromatic heterocycles. The average Bonchev–Trinajstić information content (AvgIpc) is 3.03. The van der Waals surface area contributed by atoms with E-state index in [2.05, 4.69) is 40.9 Å². The Morgan fingerprint density at radius 1 is 1.12 bits per heavy atom. The molecule has 6 heteroatoms. The second-order valence-electron chi connectivity index (χ2n) is 6.58. The van der Waals surface area contributed by atoms with Gasteiger partial charge in [-0.3, -0.25) is 4.79 Å². The van der Waals surface area contributed by atoms with Gasteiger partial charge in [-0.1, -0.05) is 30.3 Å². The van der Waals surface area contributed by atoms with Crippen molar-refractivity contribution in [1.29, 1.82) is 0 Å². The number of nitrogens with zero attached hydrogens (tertiary/aromatic N) is 1. The first-order valence-electron chi connectivity index (χ1n) is 8.78. The second-order valence-corrected chi connectivity index (χ2v) is 6.58. The fourth-order valence-corrected chi connectivity index (χ4v) is 3.15. The predicted octanol–water partition coefficient (Wildman–Crippen LogP) is -0.978. The molecular weight excluding hydrogens is 316 g/mol. The molecule has 3 rings (SSSR count). The number of hydrogen-bond acceptors (Lipinski definition) is 3. The number of piperazine rings is 1. The van der Waals surface area contributed by atoms with Gasteiger partial charge in [-0.05, 0) is 19.1 Å². The van der Waals surface area contributed by atoms with Crippen LogP contribution in [0.4, 0.5) is 0 Å². The molecule has 0 spiro atoms. The monoisotopic (exact) mass is 342 g/mol. The number of carbonyl (C=O) groups excluding carboxylic acids is 1. The first kappa shape index (κ1) is 17.4. The van der Waals surface area contributed by atoms with Crippen LogP contribution < -0.4 is 15.2 Å². The van der Waals surface area contributed by atoms with Crippen molar-refractivity contribution < 1.29 is 19.0 Å². The number of aryl methyl sites for hydroxylation is 1. The number of furan rings is 1. The molecule has 132 valence electrons. The summed E-state index contributed by atoms with van der Waals surface area (Å²) in [6.45, 7) is 7.60. The molecule has 0 atom stereocenters. The van der Waals surface area contributed by atoms with Crippen LogP contribution in [0.1, 0.15) is 17.1 Å². The van der Waals surface area contributed by atoms with Crippen molar-refractivity contribution in [2.75, 3.05) is 32.7 Å². The van der Waals surface area contributed by atoms with Gasteiger partial charge in [0.1, 0.15) is 44.2 Å². The Bertz CT molecular complexity index is 703. The highest BCUT2D eigenvalue weighted by molar-refractivity contribution is 5.80. The van der Waals surface area contributed by atoms with E-state index in [1.54, 1.807) is 4.90 Å². The van der Waals surface area contributed by atoms with Gasteiger partial charge in [-0.2, -0.15) is 5.10 Å². The maximum atomic E-state index is 12.0. The minimum Gasteiger partial charge on any atom is -0.460 e. The van der Waals surface area contributed by atoms with Crippen molar-refractivity contribution in [3.8, 4) is 0 Å². The third-order valence-electron chi connectivity index (χ3n) is 4.51. The van der Waals surface area contributed by atoms with Crippen LogP contribution in [0.15, 0.2) is 52.0 Å². The molecule has 2 heterocycles. The smallest absolute Gasteiger partial charge is 0.295 e. The van der Waals surface area contributed by atoms with Crippen molar-refractivity contribution in [3.63, 3.8) is 0 Å². The number of hydrogen-bond donors (Lipinski definition) is 3. The molecule has 25 heavy (non-hydrogen) atoms. The Hall–Kier alpha value is -2.44. The number of quaternary nitrogens is 2. The summed E-state index contributed by atoms with van der Waals surface area (Å²) in [5.74, 6) is 1.41. The molecule has 0 aliphatic carbocycles. The van der Waals surface area contributed by atoms with Gasteiger partial charge in [0.2, 0.25) is 0 Å². The van der Waals surface area contributed by atoms with E-state index < -0.39 is 0 Å². The third-order valence-corrected chi connectivity index (χ3v) is 4.51. The van der Waals surface area contributed by atoms with Crippen molar-refractivity contribution in [3.05, 3.63) is 59.5 Å². The third kappa shape index (κ3) is 5.55. The number of benzene rings is 1. The van der Waals surface area contributed by atoms with E-state index in [4.69, 9.17) is 4.42 Å². The summed E-state index contributed by atoms with van der Waals surface area (Å²) < 4.78 is 5.37. The SMILES string of the molecule is Cc1ccc(/C=N\NC(=O)C[NH+]2CC[NH+](Cc3ccccc3)CC2)o1. The summed E-state index contributed by atoms with van der Waals surface area (Å²) in [5, 5.41) is 3.95. The molecule has 3 N–H and O–H groups in total. The van der Waals surface area contributed by atoms with Crippen LogP contribution in [0.3, 0.4) is 0 Å². The van der Waals surface area contributed by atoms with E-state index in [-0.39, 0.29) is 5.91 Å². The topological polar surface area (TPSA) is 63.5 Å². The molecule has 2 aromatic rings. The van der Waals surface area contributed by atoms with Gasteiger partial charge in [0.15, 0.2) is 6.54 Å². The lowest BCUT2D eigenvalue weighted by Gasteiger charge is -2.29. The van der Waals surface area contributed by atoms with E-state index in [0.29, 0.717) is 12.3 Å². The number of nitrogens with one attached hydrogen (secondary N) is 3. The highest BCUT2D eigenvalue weighted by Gasteiger charge is 2.24. The van der Waals surface area contributed by atoms with Gasteiger partial charge in [0.25, 0.3) is 5.91 Å². The van der Waals surface area contributed by atoms with Crippen molar-refractivity contribution in [2.24, 2.45) is 5.10 Å². The standard InChI is InChI=1S/C19H24N4O2/c1-16-7-8-18(25-16)13-20-21-19(24)15-23-11-9-22(10-12-23)14-17-5-3-2-4-6-17/h2-8,13H,9-12,14-15H2,1H3,(H,21,24)/p+2/b20-13-. The molecule has 1 saturated heterocycles. The van der Waals surface area contributed by atoms with Gasteiger partial charge < -0.3 is 14.2 Å². The summed E-state index contributed by atoms with van der Waals surface area (Å²) in [7, 11) is 0. The number of carbonyl (C=O) groups is 1. The maximum Gasteiger partial charge on any atom is 0.295 e. The van der Waals surface area contributed by atoms with Crippen LogP contribution in [0.2, 0.25) is 0 Å². The largest absolute Gasteiger partial charge is 0.460 e. The minimum absolute atomic E-state index is 0.0546. The Morgan fingerprint density at radius 3 is 2.52 bits per heavy atom. The summed E-state index contributed by atoms with van der Waals surface area (Å²) in [6, 6.07) is 14.3. The molecule has 6 nitrogen and oxygen atoms in total. The van der Waals surface area contributed by atoms with Crippen molar-refractivity contribution in [1.82, 2.24) is 5.43 Å². The molecule has 1 amide bonds. The van der Waals surface area contributed by atoms with Gasteiger partial charge in [-0.25, -0.2) is 5.43 Å². The Kier molecular flexibility index (Phi) is 5.98. The van der Waals surface area contributed by atoms with Gasteiger partial charge in [-0.15, -0.1) is 0 Å². The van der Waals surface area contributed by atoms with Gasteiger partial charge >= 0.3 is 0 Å². The summed E-state index contributed by atoms with van der Waals surface area (Å²) >= 11 is 0. The number of amides is 1. The first-order chi connectivity index (χ1) is 12.2. The summed E-state index contributed by atoms with van der Waals surface area (Å²) in [5.41, 5.74) is 3.96. The van der Waals surface area contributed by atoms with E-state index >= 15 is 0 Å². The Morgan fingerprint density at radius 2 is 1.84 bits per heavy atom. The Labute approximate surface area is 148 Å². The van der Waals surface area contributed by atoms with Gasteiger partial charge in [0.05, 0.1) is 6.21 Å². The maximum absolute atomic E-state index is 12.0. The lowest BCUT2D eigenvalue weighted by Crippen LogP contribution is -3.28. The normalized spacial score (nSPS) is 20.7. The number of rotatable bonds is 6. The van der Waals surface area contributed by atoms with E-state index in [1.807, 2.05) is 19.1 Å². The Balaban J connectivity index is 1.37. The van der Waals surface area contributed by atoms with E-state index in [9.17, 15) is 4.79 Å².